The number of rotatable bonds is 4. The van der Waals surface area contributed by atoms with Crippen molar-refractivity contribution in [1.29, 1.82) is 0 Å². The normalized spacial score (nSPS) is 12.8. The molecule has 1 N–H and O–H groups in total. The number of para-hydroxylation sites is 1. The highest BCUT2D eigenvalue weighted by Gasteiger charge is 2.34. The predicted molar refractivity (Wildman–Crippen MR) is 69.2 cm³/mol. The van der Waals surface area contributed by atoms with E-state index in [0.717, 1.165) is 12.1 Å². The average molecular weight is 315 g/mol. The van der Waals surface area contributed by atoms with Gasteiger partial charge in [0.1, 0.15) is 5.75 Å². The summed E-state index contributed by atoms with van der Waals surface area (Å²) in [5.74, 6) is -0.828. The molecule has 9 heteroatoms. The lowest BCUT2D eigenvalue weighted by atomic mass is 10.2. The first-order valence-electron chi connectivity index (χ1n) is 6.21. The first-order chi connectivity index (χ1) is 10.3. The summed E-state index contributed by atoms with van der Waals surface area (Å²) >= 11 is 0. The van der Waals surface area contributed by atoms with Crippen LogP contribution in [0.1, 0.15) is 18.3 Å². The minimum Gasteiger partial charge on any atom is -0.480 e. The molecule has 118 valence electrons. The van der Waals surface area contributed by atoms with Gasteiger partial charge in [-0.3, -0.25) is 10.1 Å². The fourth-order valence-corrected chi connectivity index (χ4v) is 1.60. The van der Waals surface area contributed by atoms with Crippen LogP contribution in [0.15, 0.2) is 28.8 Å². The van der Waals surface area contributed by atoms with Crippen LogP contribution in [-0.2, 0) is 11.0 Å². The fourth-order valence-electron chi connectivity index (χ4n) is 1.60. The van der Waals surface area contributed by atoms with Gasteiger partial charge in [0.15, 0.2) is 11.9 Å². The van der Waals surface area contributed by atoms with Crippen molar-refractivity contribution in [3.63, 3.8) is 0 Å². The highest BCUT2D eigenvalue weighted by Crippen LogP contribution is 2.36. The third-order valence-corrected chi connectivity index (χ3v) is 2.62. The molecule has 0 aliphatic carbocycles. The number of benzene rings is 1. The molecule has 6 nitrogen and oxygen atoms in total. The Morgan fingerprint density at radius 3 is 2.64 bits per heavy atom. The largest absolute Gasteiger partial charge is 0.480 e. The summed E-state index contributed by atoms with van der Waals surface area (Å²) in [5, 5.41) is 5.72. The van der Waals surface area contributed by atoms with Gasteiger partial charge in [0.05, 0.1) is 5.56 Å². The van der Waals surface area contributed by atoms with Crippen LogP contribution in [0.2, 0.25) is 0 Å². The van der Waals surface area contributed by atoms with Crippen molar-refractivity contribution in [2.75, 3.05) is 5.32 Å². The third-order valence-electron chi connectivity index (χ3n) is 2.62. The van der Waals surface area contributed by atoms with E-state index in [1.54, 1.807) is 6.92 Å². The van der Waals surface area contributed by atoms with E-state index in [1.165, 1.54) is 19.1 Å². The highest BCUT2D eigenvalue weighted by atomic mass is 19.4. The number of hydrogen-bond donors (Lipinski definition) is 1. The zero-order valence-electron chi connectivity index (χ0n) is 11.6. The Bertz CT molecular complexity index is 670. The molecule has 1 heterocycles. The molecule has 0 unspecified atom stereocenters. The number of carbonyl (C=O) groups is 1. The number of aryl methyl sites for hydroxylation is 1. The van der Waals surface area contributed by atoms with Crippen LogP contribution in [0.25, 0.3) is 0 Å². The van der Waals surface area contributed by atoms with Crippen molar-refractivity contribution in [1.82, 2.24) is 10.1 Å². The lowest BCUT2D eigenvalue weighted by Gasteiger charge is -2.17. The molecule has 2 rings (SSSR count). The quantitative estimate of drug-likeness (QED) is 0.938. The standard InChI is InChI=1S/C13H12F3N3O3/c1-7(11(20)18-12-17-8(2)19-22-12)21-10-6-4-3-5-9(10)13(14,15)16/h3-7H,1-2H3,(H,17,18,19,20)/t7-/m1/s1. The second-order valence-corrected chi connectivity index (χ2v) is 4.39. The number of anilines is 1. The van der Waals surface area contributed by atoms with E-state index in [2.05, 4.69) is 20.0 Å². The number of nitrogens with one attached hydrogen (secondary N) is 1. The number of alkyl halides is 3. The van der Waals surface area contributed by atoms with Crippen LogP contribution >= 0.6 is 0 Å². The van der Waals surface area contributed by atoms with Gasteiger partial charge >= 0.3 is 12.2 Å². The number of hydrogen-bond acceptors (Lipinski definition) is 5. The van der Waals surface area contributed by atoms with Gasteiger partial charge in [-0.15, -0.1) is 0 Å². The Balaban J connectivity index is 2.09. The Hall–Kier alpha value is -2.58. The van der Waals surface area contributed by atoms with Gasteiger partial charge in [-0.25, -0.2) is 0 Å². The van der Waals surface area contributed by atoms with E-state index >= 15 is 0 Å². The Morgan fingerprint density at radius 1 is 1.36 bits per heavy atom. The number of amides is 1. The van der Waals surface area contributed by atoms with Crippen molar-refractivity contribution in [3.8, 4) is 5.75 Å². The van der Waals surface area contributed by atoms with Crippen molar-refractivity contribution < 1.29 is 27.2 Å². The van der Waals surface area contributed by atoms with Crippen LogP contribution in [0, 0.1) is 6.92 Å². The molecule has 1 aromatic carbocycles. The fraction of sp³-hybridized carbons (Fsp3) is 0.308. The molecule has 0 bridgehead atoms. The summed E-state index contributed by atoms with van der Waals surface area (Å²) in [4.78, 5) is 15.6. The molecule has 0 saturated carbocycles. The van der Waals surface area contributed by atoms with Crippen molar-refractivity contribution >= 4 is 11.9 Å². The molecule has 22 heavy (non-hydrogen) atoms. The van der Waals surface area contributed by atoms with Gasteiger partial charge in [-0.1, -0.05) is 17.3 Å². The monoisotopic (exact) mass is 315 g/mol. The van der Waals surface area contributed by atoms with Crippen molar-refractivity contribution in [2.45, 2.75) is 26.1 Å². The number of nitrogens with zero attached hydrogens (tertiary/aromatic N) is 2. The second kappa shape index (κ2) is 6.04. The molecular weight excluding hydrogens is 303 g/mol. The molecule has 2 aromatic rings. The molecule has 0 fully saturated rings. The van der Waals surface area contributed by atoms with Crippen LogP contribution in [-0.4, -0.2) is 22.2 Å². The maximum atomic E-state index is 12.8. The van der Waals surface area contributed by atoms with Crippen LogP contribution in [0.3, 0.4) is 0 Å². The topological polar surface area (TPSA) is 77.2 Å². The van der Waals surface area contributed by atoms with Gasteiger partial charge in [0.25, 0.3) is 5.91 Å². The summed E-state index contributed by atoms with van der Waals surface area (Å²) < 4.78 is 48.3. The first kappa shape index (κ1) is 15.8. The first-order valence-corrected chi connectivity index (χ1v) is 6.21. The summed E-state index contributed by atoms with van der Waals surface area (Å²) in [6.07, 6.45) is -5.76. The molecule has 0 aliphatic heterocycles. The van der Waals surface area contributed by atoms with Gasteiger partial charge in [0, 0.05) is 0 Å². The van der Waals surface area contributed by atoms with E-state index < -0.39 is 29.5 Å². The van der Waals surface area contributed by atoms with Gasteiger partial charge in [-0.05, 0) is 26.0 Å². The number of halogens is 3. The van der Waals surface area contributed by atoms with E-state index in [-0.39, 0.29) is 6.01 Å². The van der Waals surface area contributed by atoms with Crippen LogP contribution < -0.4 is 10.1 Å². The average Bonchev–Trinajstić information content (AvgIpc) is 2.83. The summed E-state index contributed by atoms with van der Waals surface area (Å²) in [5.41, 5.74) is -0.955. The van der Waals surface area contributed by atoms with E-state index in [0.29, 0.717) is 5.82 Å². The zero-order chi connectivity index (χ0) is 16.3. The maximum Gasteiger partial charge on any atom is 0.419 e. The van der Waals surface area contributed by atoms with Crippen LogP contribution in [0.4, 0.5) is 19.2 Å². The van der Waals surface area contributed by atoms with E-state index in [1.807, 2.05) is 0 Å². The Labute approximate surface area is 123 Å². The maximum absolute atomic E-state index is 12.8. The van der Waals surface area contributed by atoms with Gasteiger partial charge in [0.2, 0.25) is 0 Å². The zero-order valence-corrected chi connectivity index (χ0v) is 11.6. The molecular formula is C13H12F3N3O3. The molecule has 0 aliphatic rings. The smallest absolute Gasteiger partial charge is 0.419 e. The van der Waals surface area contributed by atoms with Crippen molar-refractivity contribution in [2.24, 2.45) is 0 Å². The molecule has 1 atom stereocenters. The van der Waals surface area contributed by atoms with Gasteiger partial charge in [-0.2, -0.15) is 18.2 Å². The number of aromatic nitrogens is 2. The van der Waals surface area contributed by atoms with Crippen LogP contribution in [0.5, 0.6) is 5.75 Å². The van der Waals surface area contributed by atoms with E-state index in [4.69, 9.17) is 4.74 Å². The summed E-state index contributed by atoms with van der Waals surface area (Å²) in [6, 6.07) is 4.49. The molecule has 0 radical (unpaired) electrons. The number of ether oxygens (including phenoxy) is 1. The van der Waals surface area contributed by atoms with Crippen molar-refractivity contribution in [3.05, 3.63) is 35.7 Å². The summed E-state index contributed by atoms with van der Waals surface area (Å²) in [6.45, 7) is 2.87. The van der Waals surface area contributed by atoms with Gasteiger partial charge < -0.3 is 9.26 Å². The minimum atomic E-state index is -4.57. The molecule has 0 saturated heterocycles. The Morgan fingerprint density at radius 2 is 2.05 bits per heavy atom. The molecule has 0 spiro atoms. The molecule has 1 aromatic heterocycles. The molecule has 1 amide bonds. The SMILES string of the molecule is Cc1noc(NC(=O)[C@@H](C)Oc2ccccc2C(F)(F)F)n1. The second-order valence-electron chi connectivity index (χ2n) is 4.39. The number of carbonyl (C=O) groups excluding carboxylic acids is 1. The lowest BCUT2D eigenvalue weighted by molar-refractivity contribution is -0.140. The summed E-state index contributed by atoms with van der Waals surface area (Å²) in [7, 11) is 0. The predicted octanol–water partition coefficient (Wildman–Crippen LogP) is 2.80. The highest BCUT2D eigenvalue weighted by molar-refractivity contribution is 5.92. The third kappa shape index (κ3) is 3.74. The van der Waals surface area contributed by atoms with E-state index in [9.17, 15) is 18.0 Å². The minimum absolute atomic E-state index is 0.151. The Kier molecular flexibility index (Phi) is 4.34. The lowest BCUT2D eigenvalue weighted by Crippen LogP contribution is -2.31.